The highest BCUT2D eigenvalue weighted by Crippen LogP contribution is 2.31. The molecule has 1 aromatic carbocycles. The van der Waals surface area contributed by atoms with Gasteiger partial charge in [0.2, 0.25) is 21.8 Å². The Labute approximate surface area is 181 Å². The lowest BCUT2D eigenvalue weighted by Gasteiger charge is -2.34. The van der Waals surface area contributed by atoms with Crippen molar-refractivity contribution in [3.63, 3.8) is 0 Å². The number of alkyl halides is 3. The molecule has 0 aliphatic carbocycles. The molecule has 2 heterocycles. The molecule has 1 amide bonds. The van der Waals surface area contributed by atoms with Crippen LogP contribution in [-0.2, 0) is 27.5 Å². The van der Waals surface area contributed by atoms with Crippen LogP contribution in [0.5, 0.6) is 0 Å². The molecule has 0 radical (unpaired) electrons. The summed E-state index contributed by atoms with van der Waals surface area (Å²) in [5.74, 6) is -0.193. The van der Waals surface area contributed by atoms with Crippen LogP contribution in [0.4, 0.5) is 19.0 Å². The van der Waals surface area contributed by atoms with Gasteiger partial charge in [0.25, 0.3) is 0 Å². The molecular weight excluding hydrogens is 455 g/mol. The average molecular weight is 475 g/mol. The third kappa shape index (κ3) is 5.07. The summed E-state index contributed by atoms with van der Waals surface area (Å²) in [6, 6.07) is 3.54. The van der Waals surface area contributed by atoms with E-state index in [-0.39, 0.29) is 50.9 Å². The molecule has 3 rings (SSSR count). The zero-order valence-corrected chi connectivity index (χ0v) is 17.8. The number of hydrogen-bond acceptors (Lipinski definition) is 6. The molecule has 0 spiro atoms. The number of halogens is 3. The molecule has 1 aliphatic heterocycles. The first-order chi connectivity index (χ1) is 14.9. The zero-order chi connectivity index (χ0) is 23.7. The summed E-state index contributed by atoms with van der Waals surface area (Å²) in [5, 5.41) is 10.8. The van der Waals surface area contributed by atoms with E-state index in [2.05, 4.69) is 4.98 Å². The molecule has 32 heavy (non-hydrogen) atoms. The van der Waals surface area contributed by atoms with Crippen molar-refractivity contribution in [3.05, 3.63) is 52.0 Å². The monoisotopic (exact) mass is 475 g/mol. The molecule has 14 heteroatoms. The van der Waals surface area contributed by atoms with Gasteiger partial charge in [0.1, 0.15) is 6.20 Å². The van der Waals surface area contributed by atoms with Crippen LogP contribution in [-0.4, -0.2) is 64.2 Å². The van der Waals surface area contributed by atoms with E-state index >= 15 is 0 Å². The number of carbonyl (C=O) groups excluding carboxylic acids is 1. The van der Waals surface area contributed by atoms with E-state index in [1.165, 1.54) is 15.7 Å². The summed E-state index contributed by atoms with van der Waals surface area (Å²) in [4.78, 5) is 27.4. The number of imidazole rings is 1. The number of hydrogen-bond donors (Lipinski definition) is 0. The molecule has 1 aromatic heterocycles. The predicted molar refractivity (Wildman–Crippen MR) is 105 cm³/mol. The van der Waals surface area contributed by atoms with E-state index < -0.39 is 31.6 Å². The summed E-state index contributed by atoms with van der Waals surface area (Å²) in [7, 11) is -4.14. The van der Waals surface area contributed by atoms with Crippen LogP contribution in [0, 0.1) is 17.0 Å². The van der Waals surface area contributed by atoms with Crippen molar-refractivity contribution in [2.24, 2.45) is 0 Å². The number of nitrogens with zero attached hydrogens (tertiary/aromatic N) is 5. The van der Waals surface area contributed by atoms with E-state index in [4.69, 9.17) is 0 Å². The first-order valence-corrected chi connectivity index (χ1v) is 11.0. The van der Waals surface area contributed by atoms with E-state index in [0.29, 0.717) is 11.9 Å². The summed E-state index contributed by atoms with van der Waals surface area (Å²) in [6.07, 6.45) is -3.39. The minimum absolute atomic E-state index is 0.0364. The van der Waals surface area contributed by atoms with Gasteiger partial charge in [-0.15, -0.1) is 0 Å². The Bertz CT molecular complexity index is 1120. The van der Waals surface area contributed by atoms with Gasteiger partial charge in [-0.25, -0.2) is 8.42 Å². The van der Waals surface area contributed by atoms with Crippen molar-refractivity contribution in [1.29, 1.82) is 0 Å². The minimum Gasteiger partial charge on any atom is -0.358 e. The van der Waals surface area contributed by atoms with E-state index in [0.717, 1.165) is 22.5 Å². The predicted octanol–water partition coefficient (Wildman–Crippen LogP) is 2.04. The molecule has 174 valence electrons. The molecule has 0 saturated carbocycles. The molecule has 10 nitrogen and oxygen atoms in total. The molecule has 0 bridgehead atoms. The normalized spacial score (nSPS) is 15.7. The Morgan fingerprint density at radius 1 is 1.22 bits per heavy atom. The largest absolute Gasteiger partial charge is 0.416 e. The second-order valence-electron chi connectivity index (χ2n) is 7.16. The highest BCUT2D eigenvalue weighted by molar-refractivity contribution is 7.89. The summed E-state index contributed by atoms with van der Waals surface area (Å²) in [5.41, 5.74) is -1.05. The standard InChI is InChI=1S/C18H20F3N5O5S/c1-13-22-16(26(28)29)12-24(13)6-5-17(27)23-7-9-25(10-8-23)32(30,31)15-4-2-3-14(11-15)18(19,20)21/h2-4,11-12H,5-10H2,1H3. The Morgan fingerprint density at radius 2 is 1.88 bits per heavy atom. The van der Waals surface area contributed by atoms with E-state index in [1.807, 2.05) is 0 Å². The Morgan fingerprint density at radius 3 is 2.44 bits per heavy atom. The maximum absolute atomic E-state index is 12.9. The van der Waals surface area contributed by atoms with Crippen molar-refractivity contribution in [3.8, 4) is 0 Å². The second kappa shape index (κ2) is 8.86. The van der Waals surface area contributed by atoms with Crippen molar-refractivity contribution in [1.82, 2.24) is 18.8 Å². The van der Waals surface area contributed by atoms with Gasteiger partial charge in [-0.1, -0.05) is 6.07 Å². The van der Waals surface area contributed by atoms with Gasteiger partial charge in [0.15, 0.2) is 0 Å². The lowest BCUT2D eigenvalue weighted by Crippen LogP contribution is -2.50. The number of amides is 1. The van der Waals surface area contributed by atoms with Crippen molar-refractivity contribution in [2.45, 2.75) is 31.0 Å². The minimum atomic E-state index is -4.66. The van der Waals surface area contributed by atoms with Crippen molar-refractivity contribution >= 4 is 21.7 Å². The highest BCUT2D eigenvalue weighted by atomic mass is 32.2. The van der Waals surface area contributed by atoms with Crippen LogP contribution in [0.25, 0.3) is 0 Å². The summed E-state index contributed by atoms with van der Waals surface area (Å²) >= 11 is 0. The van der Waals surface area contributed by atoms with Gasteiger partial charge >= 0.3 is 12.0 Å². The van der Waals surface area contributed by atoms with Crippen LogP contribution in [0.1, 0.15) is 17.8 Å². The summed E-state index contributed by atoms with van der Waals surface area (Å²) < 4.78 is 66.7. The van der Waals surface area contributed by atoms with Crippen molar-refractivity contribution in [2.75, 3.05) is 26.2 Å². The number of sulfonamides is 1. The lowest BCUT2D eigenvalue weighted by atomic mass is 10.2. The first-order valence-electron chi connectivity index (χ1n) is 9.53. The SMILES string of the molecule is Cc1nc([N+](=O)[O-])cn1CCC(=O)N1CCN(S(=O)(=O)c2cccc(C(F)(F)F)c2)CC1. The smallest absolute Gasteiger partial charge is 0.358 e. The fraction of sp³-hybridized carbons (Fsp3) is 0.444. The molecule has 0 N–H and O–H groups in total. The molecule has 0 atom stereocenters. The average Bonchev–Trinajstić information content (AvgIpc) is 3.12. The number of aromatic nitrogens is 2. The third-order valence-electron chi connectivity index (χ3n) is 5.11. The van der Waals surface area contributed by atoms with Crippen LogP contribution in [0.2, 0.25) is 0 Å². The Hall–Kier alpha value is -3.00. The number of aryl methyl sites for hydroxylation is 2. The van der Waals surface area contributed by atoms with Crippen LogP contribution < -0.4 is 0 Å². The number of carbonyl (C=O) groups is 1. The highest BCUT2D eigenvalue weighted by Gasteiger charge is 2.34. The maximum atomic E-state index is 12.9. The molecule has 1 aliphatic rings. The van der Waals surface area contributed by atoms with Gasteiger partial charge < -0.3 is 19.6 Å². The van der Waals surface area contributed by atoms with Gasteiger partial charge in [0, 0.05) is 46.1 Å². The zero-order valence-electron chi connectivity index (χ0n) is 16.9. The van der Waals surface area contributed by atoms with Gasteiger partial charge in [-0.2, -0.15) is 17.5 Å². The van der Waals surface area contributed by atoms with Gasteiger partial charge in [-0.05, 0) is 28.1 Å². The maximum Gasteiger partial charge on any atom is 0.416 e. The van der Waals surface area contributed by atoms with Crippen LogP contribution in [0.3, 0.4) is 0 Å². The number of piperazine rings is 1. The number of nitro groups is 1. The lowest BCUT2D eigenvalue weighted by molar-refractivity contribution is -0.389. The molecule has 0 unspecified atom stereocenters. The molecule has 1 fully saturated rings. The first kappa shape index (κ1) is 23.7. The van der Waals surface area contributed by atoms with E-state index in [9.17, 15) is 36.5 Å². The van der Waals surface area contributed by atoms with Gasteiger partial charge in [0.05, 0.1) is 10.5 Å². The Kier molecular flexibility index (Phi) is 6.55. The summed E-state index contributed by atoms with van der Waals surface area (Å²) in [6.45, 7) is 1.81. The fourth-order valence-corrected chi connectivity index (χ4v) is 4.81. The molecule has 1 saturated heterocycles. The topological polar surface area (TPSA) is 119 Å². The fourth-order valence-electron chi connectivity index (χ4n) is 3.34. The molecule has 2 aromatic rings. The number of benzene rings is 1. The van der Waals surface area contributed by atoms with Crippen LogP contribution >= 0.6 is 0 Å². The van der Waals surface area contributed by atoms with Crippen molar-refractivity contribution < 1.29 is 31.3 Å². The Balaban J connectivity index is 1.59. The number of rotatable bonds is 6. The van der Waals surface area contributed by atoms with Gasteiger partial charge in [-0.3, -0.25) is 4.79 Å². The molecular formula is C18H20F3N5O5S. The third-order valence-corrected chi connectivity index (χ3v) is 7.00. The van der Waals surface area contributed by atoms with Crippen LogP contribution in [0.15, 0.2) is 35.4 Å². The quantitative estimate of drug-likeness (QED) is 0.466. The second-order valence-corrected chi connectivity index (χ2v) is 9.10. The van der Waals surface area contributed by atoms with E-state index in [1.54, 1.807) is 6.92 Å².